The summed E-state index contributed by atoms with van der Waals surface area (Å²) in [6.07, 6.45) is 1.93. The van der Waals surface area contributed by atoms with Crippen molar-refractivity contribution in [1.82, 2.24) is 9.55 Å². The zero-order valence-corrected chi connectivity index (χ0v) is 18.7. The van der Waals surface area contributed by atoms with Gasteiger partial charge in [-0.1, -0.05) is 42.1 Å². The first-order chi connectivity index (χ1) is 15.1. The van der Waals surface area contributed by atoms with Gasteiger partial charge in [0, 0.05) is 18.8 Å². The third kappa shape index (κ3) is 4.67. The van der Waals surface area contributed by atoms with Crippen LogP contribution in [0.4, 0.5) is 5.69 Å². The minimum atomic E-state index is -0.399. The number of fused-ring (bicyclic) bond motifs is 1. The molecule has 1 aliphatic heterocycles. The van der Waals surface area contributed by atoms with Gasteiger partial charge in [0.25, 0.3) is 5.56 Å². The van der Waals surface area contributed by atoms with Crippen molar-refractivity contribution in [2.24, 2.45) is 0 Å². The summed E-state index contributed by atoms with van der Waals surface area (Å²) in [5, 5.41) is 0.747. The molecule has 0 bridgehead atoms. The number of amides is 1. The Hall–Kier alpha value is -2.64. The molecule has 3 aromatic rings. The number of benzene rings is 2. The van der Waals surface area contributed by atoms with Crippen LogP contribution in [0.2, 0.25) is 0 Å². The van der Waals surface area contributed by atoms with Gasteiger partial charge in [-0.2, -0.15) is 0 Å². The second-order valence-electron chi connectivity index (χ2n) is 7.64. The Kier molecular flexibility index (Phi) is 6.73. The van der Waals surface area contributed by atoms with Crippen molar-refractivity contribution in [3.8, 4) is 0 Å². The Balaban J connectivity index is 1.66. The molecule has 7 heteroatoms. The lowest BCUT2D eigenvalue weighted by Crippen LogP contribution is -2.37. The number of hydrogen-bond acceptors (Lipinski definition) is 5. The fourth-order valence-corrected chi connectivity index (χ4v) is 4.87. The molecule has 162 valence electrons. The second-order valence-corrected chi connectivity index (χ2v) is 8.95. The third-order valence-electron chi connectivity index (χ3n) is 5.52. The van der Waals surface area contributed by atoms with Crippen molar-refractivity contribution in [3.05, 3.63) is 65.0 Å². The van der Waals surface area contributed by atoms with Crippen molar-refractivity contribution >= 4 is 34.3 Å². The van der Waals surface area contributed by atoms with Gasteiger partial charge in [0.1, 0.15) is 0 Å². The number of carbonyl (C=O) groups excluding carboxylic acids is 1. The lowest BCUT2D eigenvalue weighted by Gasteiger charge is -2.25. The normalized spacial score (nSPS) is 17.0. The molecule has 0 aliphatic carbocycles. The summed E-state index contributed by atoms with van der Waals surface area (Å²) in [7, 11) is 0. The largest absolute Gasteiger partial charge is 0.376 e. The van der Waals surface area contributed by atoms with E-state index in [2.05, 4.69) is 0 Å². The van der Waals surface area contributed by atoms with Crippen molar-refractivity contribution in [2.75, 3.05) is 18.1 Å². The molecule has 1 aromatic heterocycles. The Morgan fingerprint density at radius 2 is 1.97 bits per heavy atom. The quantitative estimate of drug-likeness (QED) is 0.411. The van der Waals surface area contributed by atoms with E-state index in [0.717, 1.165) is 25.1 Å². The molecule has 0 saturated carbocycles. The lowest BCUT2D eigenvalue weighted by molar-refractivity contribution is -0.117. The molecule has 0 radical (unpaired) electrons. The first-order valence-electron chi connectivity index (χ1n) is 10.7. The third-order valence-corrected chi connectivity index (χ3v) is 6.59. The van der Waals surface area contributed by atoms with Crippen LogP contribution in [-0.4, -0.2) is 40.0 Å². The van der Waals surface area contributed by atoms with Crippen LogP contribution < -0.4 is 10.5 Å². The number of carbonyl (C=O) groups is 1. The number of anilines is 1. The number of para-hydroxylation sites is 2. The SMILES string of the molecule is CCN(C(=O)[C@H](C)Sc1nc2ccccc2c(=O)n1C[C@@H]1CCCO1)c1ccccc1. The standard InChI is InChI=1S/C24H27N3O3S/c1-3-26(18-10-5-4-6-11-18)22(28)17(2)31-24-25-21-14-8-7-13-20(21)23(29)27(24)16-19-12-9-15-30-19/h4-8,10-11,13-14,17,19H,3,9,12,15-16H2,1-2H3/t17-,19-/m0/s1. The molecule has 0 unspecified atom stereocenters. The number of hydrogen-bond donors (Lipinski definition) is 0. The summed E-state index contributed by atoms with van der Waals surface area (Å²) < 4.78 is 7.46. The second kappa shape index (κ2) is 9.66. The lowest BCUT2D eigenvalue weighted by atomic mass is 10.2. The van der Waals surface area contributed by atoms with Crippen LogP contribution in [0.1, 0.15) is 26.7 Å². The molecule has 0 N–H and O–H groups in total. The van der Waals surface area contributed by atoms with E-state index in [1.807, 2.05) is 62.4 Å². The highest BCUT2D eigenvalue weighted by Gasteiger charge is 2.26. The molecule has 2 aromatic carbocycles. The molecule has 2 heterocycles. The number of ether oxygens (including phenoxy) is 1. The van der Waals surface area contributed by atoms with Gasteiger partial charge in [-0.05, 0) is 51.0 Å². The van der Waals surface area contributed by atoms with Gasteiger partial charge in [-0.15, -0.1) is 0 Å². The van der Waals surface area contributed by atoms with Crippen LogP contribution in [0.5, 0.6) is 0 Å². The van der Waals surface area contributed by atoms with Crippen molar-refractivity contribution < 1.29 is 9.53 Å². The van der Waals surface area contributed by atoms with Crippen LogP contribution in [0.15, 0.2) is 64.5 Å². The predicted octanol–water partition coefficient (Wildman–Crippen LogP) is 4.11. The van der Waals surface area contributed by atoms with Crippen LogP contribution >= 0.6 is 11.8 Å². The number of rotatable bonds is 7. The van der Waals surface area contributed by atoms with Gasteiger partial charge >= 0.3 is 0 Å². The molecule has 31 heavy (non-hydrogen) atoms. The van der Waals surface area contributed by atoms with Gasteiger partial charge in [0.15, 0.2) is 5.16 Å². The highest BCUT2D eigenvalue weighted by molar-refractivity contribution is 8.00. The summed E-state index contributed by atoms with van der Waals surface area (Å²) >= 11 is 1.33. The topological polar surface area (TPSA) is 64.4 Å². The monoisotopic (exact) mass is 437 g/mol. The number of thioether (sulfide) groups is 1. The Morgan fingerprint density at radius 3 is 2.68 bits per heavy atom. The highest BCUT2D eigenvalue weighted by Crippen LogP contribution is 2.27. The van der Waals surface area contributed by atoms with Crippen molar-refractivity contribution in [2.45, 2.75) is 49.7 Å². The molecule has 2 atom stereocenters. The molecular formula is C24H27N3O3S. The van der Waals surface area contributed by atoms with Crippen LogP contribution in [0.3, 0.4) is 0 Å². The van der Waals surface area contributed by atoms with Crippen LogP contribution in [0.25, 0.3) is 10.9 Å². The minimum Gasteiger partial charge on any atom is -0.376 e. The van der Waals surface area contributed by atoms with Gasteiger partial charge in [0.2, 0.25) is 5.91 Å². The maximum absolute atomic E-state index is 13.3. The van der Waals surface area contributed by atoms with E-state index in [-0.39, 0.29) is 17.6 Å². The Labute approximate surface area is 186 Å². The highest BCUT2D eigenvalue weighted by atomic mass is 32.2. The predicted molar refractivity (Wildman–Crippen MR) is 125 cm³/mol. The van der Waals surface area contributed by atoms with E-state index in [0.29, 0.717) is 29.1 Å². The first kappa shape index (κ1) is 21.6. The summed E-state index contributed by atoms with van der Waals surface area (Å²) in [5.41, 5.74) is 1.43. The van der Waals surface area contributed by atoms with Gasteiger partial charge in [0.05, 0.1) is 28.8 Å². The number of aromatic nitrogens is 2. The van der Waals surface area contributed by atoms with Gasteiger partial charge in [-0.25, -0.2) is 4.98 Å². The maximum atomic E-state index is 13.3. The molecule has 1 amide bonds. The molecule has 1 saturated heterocycles. The minimum absolute atomic E-state index is 0.00230. The summed E-state index contributed by atoms with van der Waals surface area (Å²) in [6.45, 7) is 5.58. The summed E-state index contributed by atoms with van der Waals surface area (Å²) in [6, 6.07) is 17.0. The molecular weight excluding hydrogens is 410 g/mol. The fraction of sp³-hybridized carbons (Fsp3) is 0.375. The zero-order valence-electron chi connectivity index (χ0n) is 17.9. The average molecular weight is 438 g/mol. The summed E-state index contributed by atoms with van der Waals surface area (Å²) in [4.78, 5) is 33.0. The van der Waals surface area contributed by atoms with E-state index in [9.17, 15) is 9.59 Å². The van der Waals surface area contributed by atoms with E-state index in [1.54, 1.807) is 15.5 Å². The van der Waals surface area contributed by atoms with Gasteiger partial charge < -0.3 is 9.64 Å². The Morgan fingerprint density at radius 1 is 1.23 bits per heavy atom. The maximum Gasteiger partial charge on any atom is 0.262 e. The Bertz CT molecular complexity index is 1110. The van der Waals surface area contributed by atoms with Crippen LogP contribution in [0, 0.1) is 0 Å². The van der Waals surface area contributed by atoms with Crippen molar-refractivity contribution in [1.29, 1.82) is 0 Å². The molecule has 6 nitrogen and oxygen atoms in total. The fourth-order valence-electron chi connectivity index (χ4n) is 3.89. The number of nitrogens with zero attached hydrogens (tertiary/aromatic N) is 3. The average Bonchev–Trinajstić information content (AvgIpc) is 3.31. The first-order valence-corrected chi connectivity index (χ1v) is 11.6. The molecule has 4 rings (SSSR count). The molecule has 0 spiro atoms. The van der Waals surface area contributed by atoms with E-state index in [1.165, 1.54) is 11.8 Å². The molecule has 1 aliphatic rings. The van der Waals surface area contributed by atoms with E-state index >= 15 is 0 Å². The van der Waals surface area contributed by atoms with Crippen LogP contribution in [-0.2, 0) is 16.1 Å². The van der Waals surface area contributed by atoms with E-state index < -0.39 is 5.25 Å². The summed E-state index contributed by atoms with van der Waals surface area (Å²) in [5.74, 6) is -0.00947. The van der Waals surface area contributed by atoms with Crippen molar-refractivity contribution in [3.63, 3.8) is 0 Å². The molecule has 1 fully saturated rings. The smallest absolute Gasteiger partial charge is 0.262 e. The zero-order chi connectivity index (χ0) is 21.8. The van der Waals surface area contributed by atoms with Gasteiger partial charge in [-0.3, -0.25) is 14.2 Å². The van der Waals surface area contributed by atoms with E-state index in [4.69, 9.17) is 9.72 Å².